The Morgan fingerprint density at radius 3 is 1.61 bits per heavy atom. The number of hydrogen-bond acceptors (Lipinski definition) is 2. The summed E-state index contributed by atoms with van der Waals surface area (Å²) < 4.78 is 0. The van der Waals surface area contributed by atoms with Crippen LogP contribution >= 0.6 is 0 Å². The maximum Gasteiger partial charge on any atom is 0.159 e. The fourth-order valence-corrected chi connectivity index (χ4v) is 3.68. The Morgan fingerprint density at radius 1 is 0.576 bits per heavy atom. The Kier molecular flexibility index (Phi) is 8.10. The van der Waals surface area contributed by atoms with Crippen LogP contribution in [0, 0.1) is 13.8 Å². The molecule has 0 fully saturated rings. The molecule has 2 heteroatoms. The first-order chi connectivity index (χ1) is 15.8. The van der Waals surface area contributed by atoms with Gasteiger partial charge in [0.15, 0.2) is 11.6 Å². The van der Waals surface area contributed by atoms with Gasteiger partial charge in [-0.3, -0.25) is 9.59 Å². The first-order valence-corrected chi connectivity index (χ1v) is 11.2. The second kappa shape index (κ2) is 11.2. The number of Topliss-reactive ketones (excluding diaryl/α,β-unsaturated/α-hetero) is 2. The molecule has 0 saturated heterocycles. The predicted molar refractivity (Wildman–Crippen MR) is 137 cm³/mol. The van der Waals surface area contributed by atoms with Crippen LogP contribution in [0.3, 0.4) is 0 Å². The molecule has 0 spiro atoms. The normalized spacial score (nSPS) is 10.2. The van der Waals surface area contributed by atoms with E-state index in [1.165, 1.54) is 33.4 Å². The molecule has 0 radical (unpaired) electrons. The standard InChI is InChI=1S/C22H20O.C9H10O/c1-16-7-3-5-9-21(16)22-10-6-4-8-20(22)15-18-11-13-19(14-12-18)17(2)23;1-7-3-5-9(6-4-7)8(2)10/h3-14H,15H2,1-2H3;3-6H,1-2H3. The van der Waals surface area contributed by atoms with E-state index in [1.807, 2.05) is 55.5 Å². The molecule has 0 aliphatic carbocycles. The molecule has 0 N–H and O–H groups in total. The minimum Gasteiger partial charge on any atom is -0.295 e. The van der Waals surface area contributed by atoms with Gasteiger partial charge in [0.25, 0.3) is 0 Å². The highest BCUT2D eigenvalue weighted by Crippen LogP contribution is 2.28. The SMILES string of the molecule is CC(=O)c1ccc(C)cc1.CC(=O)c1ccc(Cc2ccccc2-c2ccccc2C)cc1. The summed E-state index contributed by atoms with van der Waals surface area (Å²) in [5, 5.41) is 0. The molecule has 0 saturated carbocycles. The zero-order valence-electron chi connectivity index (χ0n) is 19.8. The molecule has 33 heavy (non-hydrogen) atoms. The van der Waals surface area contributed by atoms with Gasteiger partial charge in [-0.25, -0.2) is 0 Å². The summed E-state index contributed by atoms with van der Waals surface area (Å²) in [5.74, 6) is 0.233. The Bertz CT molecular complexity index is 1230. The van der Waals surface area contributed by atoms with Crippen LogP contribution in [0.1, 0.15) is 56.8 Å². The van der Waals surface area contributed by atoms with E-state index in [4.69, 9.17) is 0 Å². The number of hydrogen-bond donors (Lipinski definition) is 0. The third-order valence-electron chi connectivity index (χ3n) is 5.67. The number of benzene rings is 4. The van der Waals surface area contributed by atoms with Crippen LogP contribution in [0.5, 0.6) is 0 Å². The highest BCUT2D eigenvalue weighted by Gasteiger charge is 2.08. The summed E-state index contributed by atoms with van der Waals surface area (Å²) in [6.07, 6.45) is 0.864. The number of aryl methyl sites for hydroxylation is 2. The number of carbonyl (C=O) groups is 2. The smallest absolute Gasteiger partial charge is 0.159 e. The summed E-state index contributed by atoms with van der Waals surface area (Å²) in [6.45, 7) is 7.32. The molecule has 4 rings (SSSR count). The number of rotatable bonds is 5. The monoisotopic (exact) mass is 434 g/mol. The lowest BCUT2D eigenvalue weighted by atomic mass is 9.92. The van der Waals surface area contributed by atoms with Crippen molar-refractivity contribution in [2.24, 2.45) is 0 Å². The lowest BCUT2D eigenvalue weighted by Gasteiger charge is -2.12. The summed E-state index contributed by atoms with van der Waals surface area (Å²) in [5.41, 5.74) is 9.10. The van der Waals surface area contributed by atoms with Crippen LogP contribution in [-0.2, 0) is 6.42 Å². The molecule has 0 atom stereocenters. The van der Waals surface area contributed by atoms with E-state index in [0.717, 1.165) is 17.5 Å². The van der Waals surface area contributed by atoms with E-state index in [9.17, 15) is 9.59 Å². The average Bonchev–Trinajstić information content (AvgIpc) is 2.81. The van der Waals surface area contributed by atoms with Gasteiger partial charge >= 0.3 is 0 Å². The van der Waals surface area contributed by atoms with Gasteiger partial charge in [-0.15, -0.1) is 0 Å². The van der Waals surface area contributed by atoms with Crippen molar-refractivity contribution < 1.29 is 9.59 Å². The Labute approximate surface area is 196 Å². The zero-order valence-corrected chi connectivity index (χ0v) is 19.8. The van der Waals surface area contributed by atoms with E-state index < -0.39 is 0 Å². The van der Waals surface area contributed by atoms with Gasteiger partial charge in [-0.2, -0.15) is 0 Å². The first-order valence-electron chi connectivity index (χ1n) is 11.2. The van der Waals surface area contributed by atoms with Crippen molar-refractivity contribution in [3.05, 3.63) is 130 Å². The highest BCUT2D eigenvalue weighted by atomic mass is 16.1. The summed E-state index contributed by atoms with van der Waals surface area (Å²) in [6, 6.07) is 32.5. The Morgan fingerprint density at radius 2 is 1.06 bits per heavy atom. The zero-order chi connectivity index (χ0) is 23.8. The van der Waals surface area contributed by atoms with Crippen molar-refractivity contribution >= 4 is 11.6 Å². The van der Waals surface area contributed by atoms with Crippen LogP contribution in [0.25, 0.3) is 11.1 Å². The van der Waals surface area contributed by atoms with Crippen LogP contribution in [0.15, 0.2) is 97.1 Å². The molecule has 0 heterocycles. The fraction of sp³-hybridized carbons (Fsp3) is 0.161. The topological polar surface area (TPSA) is 34.1 Å². The fourth-order valence-electron chi connectivity index (χ4n) is 3.68. The molecule has 0 bridgehead atoms. The van der Waals surface area contributed by atoms with Crippen molar-refractivity contribution in [3.63, 3.8) is 0 Å². The molecular weight excluding hydrogens is 404 g/mol. The third kappa shape index (κ3) is 6.60. The maximum absolute atomic E-state index is 11.4. The Balaban J connectivity index is 0.000000257. The van der Waals surface area contributed by atoms with Gasteiger partial charge in [-0.1, -0.05) is 103 Å². The predicted octanol–water partition coefficient (Wildman–Crippen LogP) is 7.65. The van der Waals surface area contributed by atoms with Gasteiger partial charge in [0.1, 0.15) is 0 Å². The lowest BCUT2D eigenvalue weighted by Crippen LogP contribution is -1.95. The third-order valence-corrected chi connectivity index (χ3v) is 5.67. The minimum atomic E-state index is 0.108. The minimum absolute atomic E-state index is 0.108. The largest absolute Gasteiger partial charge is 0.295 e. The summed E-state index contributed by atoms with van der Waals surface area (Å²) in [4.78, 5) is 22.1. The number of carbonyl (C=O) groups excluding carboxylic acids is 2. The molecule has 0 amide bonds. The van der Waals surface area contributed by atoms with Crippen LogP contribution in [0.2, 0.25) is 0 Å². The quantitative estimate of drug-likeness (QED) is 0.302. The molecule has 0 aliphatic rings. The molecule has 0 aromatic heterocycles. The van der Waals surface area contributed by atoms with E-state index in [-0.39, 0.29) is 11.6 Å². The Hall–Kier alpha value is -3.78. The van der Waals surface area contributed by atoms with E-state index in [1.54, 1.807) is 13.8 Å². The lowest BCUT2D eigenvalue weighted by molar-refractivity contribution is 0.100. The second-order valence-corrected chi connectivity index (χ2v) is 8.32. The van der Waals surface area contributed by atoms with E-state index >= 15 is 0 Å². The average molecular weight is 435 g/mol. The van der Waals surface area contributed by atoms with Crippen molar-refractivity contribution in [1.29, 1.82) is 0 Å². The van der Waals surface area contributed by atoms with Crippen LogP contribution in [0.4, 0.5) is 0 Å². The van der Waals surface area contributed by atoms with E-state index in [2.05, 4.69) is 55.5 Å². The van der Waals surface area contributed by atoms with Crippen LogP contribution < -0.4 is 0 Å². The van der Waals surface area contributed by atoms with Gasteiger partial charge in [0, 0.05) is 11.1 Å². The second-order valence-electron chi connectivity index (χ2n) is 8.32. The maximum atomic E-state index is 11.4. The van der Waals surface area contributed by atoms with E-state index in [0.29, 0.717) is 0 Å². The van der Waals surface area contributed by atoms with Crippen molar-refractivity contribution in [2.45, 2.75) is 34.1 Å². The molecule has 166 valence electrons. The van der Waals surface area contributed by atoms with Crippen molar-refractivity contribution in [3.8, 4) is 11.1 Å². The van der Waals surface area contributed by atoms with Gasteiger partial charge in [0.05, 0.1) is 0 Å². The van der Waals surface area contributed by atoms with Gasteiger partial charge < -0.3 is 0 Å². The van der Waals surface area contributed by atoms with Crippen molar-refractivity contribution in [2.75, 3.05) is 0 Å². The summed E-state index contributed by atoms with van der Waals surface area (Å²) >= 11 is 0. The van der Waals surface area contributed by atoms with Crippen molar-refractivity contribution in [1.82, 2.24) is 0 Å². The molecule has 0 unspecified atom stereocenters. The van der Waals surface area contributed by atoms with Gasteiger partial charge in [0.2, 0.25) is 0 Å². The summed E-state index contributed by atoms with van der Waals surface area (Å²) in [7, 11) is 0. The van der Waals surface area contributed by atoms with Crippen LogP contribution in [-0.4, -0.2) is 11.6 Å². The molecule has 0 aliphatic heterocycles. The molecule has 4 aromatic rings. The molecule has 2 nitrogen and oxygen atoms in total. The molecular formula is C31H30O2. The number of ketones is 2. The molecule has 4 aromatic carbocycles. The first kappa shape index (κ1) is 23.9. The highest BCUT2D eigenvalue weighted by molar-refractivity contribution is 5.94. The van der Waals surface area contributed by atoms with Gasteiger partial charge in [-0.05, 0) is 61.9 Å².